The third kappa shape index (κ3) is 3.93. The van der Waals surface area contributed by atoms with E-state index >= 15 is 0 Å². The molecule has 6 heterocycles. The standard InChI is InChI=1S/C23H25FN4O5/c24-15-7-16-17(8-20(26-16)31-10-14-11-32-23-18(29)12-33-22(14)23)27-21(15)13-1-2-19(25-9-13)28-3-5-30-6-4-28/h1-2,7-9,14,18,22-23,26,29H,3-6,10-12H2/t14-,18-,22-,23?/m1/s1. The SMILES string of the molecule is O[C@@H]1CO[C@H]2C1OC[C@H]2COc1cc2nc(-c3ccc(N4CCOCC4)nc3)c(F)cc2[nH]1. The van der Waals surface area contributed by atoms with E-state index in [0.717, 1.165) is 18.9 Å². The summed E-state index contributed by atoms with van der Waals surface area (Å²) in [6.45, 7) is 4.05. The molecular formula is C23H25FN4O5. The third-order valence-electron chi connectivity index (χ3n) is 6.47. The van der Waals surface area contributed by atoms with Crippen LogP contribution in [0.3, 0.4) is 0 Å². The number of H-pyrrole nitrogens is 1. The number of fused-ring (bicyclic) bond motifs is 2. The van der Waals surface area contributed by atoms with Gasteiger partial charge in [0.1, 0.15) is 23.7 Å². The molecule has 33 heavy (non-hydrogen) atoms. The lowest BCUT2D eigenvalue weighted by molar-refractivity contribution is 0.0152. The summed E-state index contributed by atoms with van der Waals surface area (Å²) in [4.78, 5) is 14.2. The van der Waals surface area contributed by atoms with Gasteiger partial charge in [0, 0.05) is 42.9 Å². The Labute approximate surface area is 189 Å². The van der Waals surface area contributed by atoms with E-state index in [1.165, 1.54) is 6.07 Å². The molecule has 0 saturated carbocycles. The zero-order valence-corrected chi connectivity index (χ0v) is 17.9. The van der Waals surface area contributed by atoms with Crippen LogP contribution in [-0.4, -0.2) is 84.5 Å². The highest BCUT2D eigenvalue weighted by molar-refractivity contribution is 5.80. The summed E-state index contributed by atoms with van der Waals surface area (Å²) in [5.41, 5.74) is 2.01. The number of nitrogens with one attached hydrogen (secondary N) is 1. The summed E-state index contributed by atoms with van der Waals surface area (Å²) in [6.07, 6.45) is 0.608. The molecule has 3 aromatic heterocycles. The van der Waals surface area contributed by atoms with Crippen molar-refractivity contribution in [1.82, 2.24) is 15.0 Å². The molecule has 0 aromatic carbocycles. The van der Waals surface area contributed by atoms with Gasteiger partial charge in [-0.2, -0.15) is 0 Å². The van der Waals surface area contributed by atoms with Crippen molar-refractivity contribution in [1.29, 1.82) is 0 Å². The lowest BCUT2D eigenvalue weighted by atomic mass is 10.0. The molecule has 0 bridgehead atoms. The van der Waals surface area contributed by atoms with E-state index < -0.39 is 11.9 Å². The molecular weight excluding hydrogens is 431 g/mol. The van der Waals surface area contributed by atoms with Gasteiger partial charge < -0.3 is 33.9 Å². The summed E-state index contributed by atoms with van der Waals surface area (Å²) >= 11 is 0. The fourth-order valence-electron chi connectivity index (χ4n) is 4.69. The van der Waals surface area contributed by atoms with Crippen molar-refractivity contribution in [2.75, 3.05) is 51.0 Å². The van der Waals surface area contributed by atoms with Gasteiger partial charge in [0.25, 0.3) is 0 Å². The molecule has 174 valence electrons. The van der Waals surface area contributed by atoms with E-state index in [0.29, 0.717) is 48.9 Å². The Bertz CT molecular complexity index is 1130. The molecule has 0 radical (unpaired) electrons. The predicted octanol–water partition coefficient (Wildman–Crippen LogP) is 1.75. The Hall–Kier alpha value is -2.79. The van der Waals surface area contributed by atoms with Crippen LogP contribution in [0, 0.1) is 11.7 Å². The van der Waals surface area contributed by atoms with E-state index in [9.17, 15) is 9.50 Å². The summed E-state index contributed by atoms with van der Waals surface area (Å²) in [7, 11) is 0. The Balaban J connectivity index is 1.17. The Morgan fingerprint density at radius 2 is 2.00 bits per heavy atom. The Kier molecular flexibility index (Phi) is 5.37. The number of hydrogen-bond donors (Lipinski definition) is 2. The van der Waals surface area contributed by atoms with Crippen LogP contribution < -0.4 is 9.64 Å². The van der Waals surface area contributed by atoms with Crippen LogP contribution in [0.25, 0.3) is 22.3 Å². The molecule has 2 N–H and O–H groups in total. The fraction of sp³-hybridized carbons (Fsp3) is 0.478. The number of aromatic nitrogens is 3. The molecule has 3 fully saturated rings. The number of pyridine rings is 2. The first-order valence-electron chi connectivity index (χ1n) is 11.2. The Morgan fingerprint density at radius 3 is 2.82 bits per heavy atom. The summed E-state index contributed by atoms with van der Waals surface area (Å²) in [6, 6.07) is 6.90. The van der Waals surface area contributed by atoms with Crippen molar-refractivity contribution in [2.24, 2.45) is 5.92 Å². The number of morpholine rings is 1. The summed E-state index contributed by atoms with van der Waals surface area (Å²) < 4.78 is 37.4. The van der Waals surface area contributed by atoms with Gasteiger partial charge in [0.15, 0.2) is 11.7 Å². The molecule has 4 atom stereocenters. The minimum Gasteiger partial charge on any atom is -0.478 e. The second-order valence-corrected chi connectivity index (χ2v) is 8.62. The van der Waals surface area contributed by atoms with Gasteiger partial charge >= 0.3 is 0 Å². The highest BCUT2D eigenvalue weighted by Crippen LogP contribution is 2.32. The normalized spacial score (nSPS) is 27.3. The molecule has 1 unspecified atom stereocenters. The van der Waals surface area contributed by atoms with Crippen molar-refractivity contribution in [3.05, 3.63) is 36.3 Å². The Morgan fingerprint density at radius 1 is 1.15 bits per heavy atom. The number of aliphatic hydroxyl groups excluding tert-OH is 1. The van der Waals surface area contributed by atoms with Gasteiger partial charge in [-0.3, -0.25) is 0 Å². The van der Waals surface area contributed by atoms with Gasteiger partial charge in [-0.05, 0) is 12.1 Å². The number of halogens is 1. The maximum absolute atomic E-state index is 14.9. The lowest BCUT2D eigenvalue weighted by Crippen LogP contribution is -2.36. The monoisotopic (exact) mass is 456 g/mol. The fourth-order valence-corrected chi connectivity index (χ4v) is 4.69. The van der Waals surface area contributed by atoms with Crippen LogP contribution in [0.15, 0.2) is 30.5 Å². The first kappa shape index (κ1) is 20.8. The quantitative estimate of drug-likeness (QED) is 0.599. The average Bonchev–Trinajstić information content (AvgIpc) is 3.54. The molecule has 9 nitrogen and oxygen atoms in total. The number of anilines is 1. The predicted molar refractivity (Wildman–Crippen MR) is 117 cm³/mol. The zero-order chi connectivity index (χ0) is 22.4. The number of aliphatic hydroxyl groups is 1. The number of hydrogen-bond acceptors (Lipinski definition) is 8. The van der Waals surface area contributed by atoms with E-state index in [1.54, 1.807) is 12.3 Å². The van der Waals surface area contributed by atoms with Crippen LogP contribution in [0.4, 0.5) is 10.2 Å². The van der Waals surface area contributed by atoms with Gasteiger partial charge in [0.2, 0.25) is 0 Å². The second-order valence-electron chi connectivity index (χ2n) is 8.62. The third-order valence-corrected chi connectivity index (χ3v) is 6.47. The van der Waals surface area contributed by atoms with Crippen molar-refractivity contribution in [3.63, 3.8) is 0 Å². The van der Waals surface area contributed by atoms with Crippen LogP contribution in [0.1, 0.15) is 0 Å². The molecule has 0 amide bonds. The molecule has 3 aliphatic rings. The van der Waals surface area contributed by atoms with E-state index in [2.05, 4.69) is 19.9 Å². The molecule has 3 aromatic rings. The smallest absolute Gasteiger partial charge is 0.193 e. The summed E-state index contributed by atoms with van der Waals surface area (Å²) in [5, 5.41) is 9.87. The van der Waals surface area contributed by atoms with Gasteiger partial charge in [-0.1, -0.05) is 0 Å². The van der Waals surface area contributed by atoms with Gasteiger partial charge in [-0.15, -0.1) is 0 Å². The molecule has 10 heteroatoms. The summed E-state index contributed by atoms with van der Waals surface area (Å²) in [5.74, 6) is 0.932. The van der Waals surface area contributed by atoms with Crippen LogP contribution in [-0.2, 0) is 14.2 Å². The first-order valence-corrected chi connectivity index (χ1v) is 11.2. The number of ether oxygens (including phenoxy) is 4. The second kappa shape index (κ2) is 8.53. The van der Waals surface area contributed by atoms with E-state index in [1.807, 2.05) is 12.1 Å². The molecule has 3 saturated heterocycles. The van der Waals surface area contributed by atoms with Crippen LogP contribution >= 0.6 is 0 Å². The minimum atomic E-state index is -0.587. The van der Waals surface area contributed by atoms with Crippen molar-refractivity contribution in [2.45, 2.75) is 18.3 Å². The minimum absolute atomic E-state index is 0.0230. The van der Waals surface area contributed by atoms with Crippen molar-refractivity contribution >= 4 is 16.9 Å². The van der Waals surface area contributed by atoms with Crippen LogP contribution in [0.5, 0.6) is 5.88 Å². The zero-order valence-electron chi connectivity index (χ0n) is 17.9. The maximum atomic E-state index is 14.9. The highest BCUT2D eigenvalue weighted by Gasteiger charge is 2.47. The molecule has 0 aliphatic carbocycles. The largest absolute Gasteiger partial charge is 0.478 e. The van der Waals surface area contributed by atoms with Crippen molar-refractivity contribution in [3.8, 4) is 17.1 Å². The topological polar surface area (TPSA) is 102 Å². The number of nitrogens with zero attached hydrogens (tertiary/aromatic N) is 3. The number of aromatic amines is 1. The van der Waals surface area contributed by atoms with Crippen molar-refractivity contribution < 1.29 is 28.4 Å². The average molecular weight is 456 g/mol. The van der Waals surface area contributed by atoms with Gasteiger partial charge in [-0.25, -0.2) is 14.4 Å². The molecule has 3 aliphatic heterocycles. The van der Waals surface area contributed by atoms with Crippen LogP contribution in [0.2, 0.25) is 0 Å². The molecule has 0 spiro atoms. The first-order chi connectivity index (χ1) is 16.2. The number of rotatable bonds is 5. The molecule has 6 rings (SSSR count). The van der Waals surface area contributed by atoms with Gasteiger partial charge in [0.05, 0.1) is 50.2 Å². The van der Waals surface area contributed by atoms with E-state index in [4.69, 9.17) is 18.9 Å². The maximum Gasteiger partial charge on any atom is 0.193 e. The lowest BCUT2D eigenvalue weighted by Gasteiger charge is -2.27. The van der Waals surface area contributed by atoms with E-state index in [-0.39, 0.29) is 30.4 Å². The highest BCUT2D eigenvalue weighted by atomic mass is 19.1.